The van der Waals surface area contributed by atoms with Gasteiger partial charge in [-0.3, -0.25) is 0 Å². The fraction of sp³-hybridized carbons (Fsp3) is 0.167. The van der Waals surface area contributed by atoms with Crippen LogP contribution in [0.1, 0.15) is 0 Å². The van der Waals surface area contributed by atoms with Gasteiger partial charge in [-0.2, -0.15) is 4.79 Å². The minimum atomic E-state index is -0.0597. The molecule has 3 heteroatoms. The minimum absolute atomic E-state index is 0.0597. The van der Waals surface area contributed by atoms with Crippen molar-refractivity contribution in [1.29, 1.82) is 0 Å². The number of allylic oxidation sites excluding steroid dienone is 4. The first-order chi connectivity index (χ1) is 4.33. The Bertz CT molecular complexity index is 195. The van der Waals surface area contributed by atoms with Gasteiger partial charge in [0.1, 0.15) is 0 Å². The van der Waals surface area contributed by atoms with E-state index in [9.17, 15) is 0 Å². The van der Waals surface area contributed by atoms with E-state index in [0.29, 0.717) is 5.71 Å². The topological polar surface area (TPSA) is 36.4 Å². The van der Waals surface area contributed by atoms with Crippen molar-refractivity contribution < 1.29 is 4.79 Å². The fourth-order valence-electron chi connectivity index (χ4n) is 0.567. The molecule has 0 radical (unpaired) electrons. The van der Waals surface area contributed by atoms with Crippen LogP contribution in [0.2, 0.25) is 0 Å². The predicted octanol–water partition coefficient (Wildman–Crippen LogP) is 1.39. The summed E-state index contributed by atoms with van der Waals surface area (Å²) in [5.74, 6) is 0. The van der Waals surface area contributed by atoms with Gasteiger partial charge in [-0.1, -0.05) is 12.2 Å². The second kappa shape index (κ2) is 2.62. The van der Waals surface area contributed by atoms with E-state index in [0.717, 1.165) is 0 Å². The van der Waals surface area contributed by atoms with Crippen molar-refractivity contribution in [1.82, 2.24) is 0 Å². The Morgan fingerprint density at radius 2 is 2.00 bits per heavy atom. The standard InChI is InChI=1S/C6H5ClN2/c7-5-1-3-6(9-8)4-2-5/h1-5H. The molecular formula is C6H5ClN2. The molecule has 0 heterocycles. The maximum atomic E-state index is 8.22. The lowest BCUT2D eigenvalue weighted by molar-refractivity contribution is -0.00160. The summed E-state index contributed by atoms with van der Waals surface area (Å²) in [6.45, 7) is 0. The van der Waals surface area contributed by atoms with Gasteiger partial charge in [0.05, 0.1) is 5.38 Å². The summed E-state index contributed by atoms with van der Waals surface area (Å²) in [4.78, 5) is 2.97. The lowest BCUT2D eigenvalue weighted by Gasteiger charge is -1.95. The molecule has 0 aromatic carbocycles. The molecule has 1 rings (SSSR count). The summed E-state index contributed by atoms with van der Waals surface area (Å²) in [6, 6.07) is 0. The molecule has 0 unspecified atom stereocenters. The van der Waals surface area contributed by atoms with Gasteiger partial charge in [0.25, 0.3) is 0 Å². The fourth-order valence-corrected chi connectivity index (χ4v) is 0.713. The third-order valence-corrected chi connectivity index (χ3v) is 1.31. The van der Waals surface area contributed by atoms with E-state index in [2.05, 4.69) is 4.79 Å². The highest BCUT2D eigenvalue weighted by Crippen LogP contribution is 2.04. The van der Waals surface area contributed by atoms with Crippen molar-refractivity contribution in [2.75, 3.05) is 0 Å². The minimum Gasteiger partial charge on any atom is -0.361 e. The Labute approximate surface area is 58.1 Å². The zero-order valence-corrected chi connectivity index (χ0v) is 5.42. The Morgan fingerprint density at radius 3 is 2.44 bits per heavy atom. The van der Waals surface area contributed by atoms with Gasteiger partial charge in [-0.05, 0) is 0 Å². The van der Waals surface area contributed by atoms with Gasteiger partial charge in [0, 0.05) is 12.2 Å². The Kier molecular flexibility index (Phi) is 1.83. The molecule has 46 valence electrons. The third-order valence-electron chi connectivity index (χ3n) is 1.02. The lowest BCUT2D eigenvalue weighted by atomic mass is 10.2. The van der Waals surface area contributed by atoms with Crippen molar-refractivity contribution in [3.05, 3.63) is 29.8 Å². The van der Waals surface area contributed by atoms with Crippen LogP contribution in [0.15, 0.2) is 24.3 Å². The average molecular weight is 141 g/mol. The molecule has 0 fully saturated rings. The van der Waals surface area contributed by atoms with Crippen LogP contribution in [0.25, 0.3) is 5.53 Å². The van der Waals surface area contributed by atoms with Crippen molar-refractivity contribution in [2.24, 2.45) is 0 Å². The van der Waals surface area contributed by atoms with Gasteiger partial charge in [-0.25, -0.2) is 0 Å². The summed E-state index contributed by atoms with van der Waals surface area (Å²) in [5.41, 5.74) is 8.75. The molecule has 1 aliphatic carbocycles. The summed E-state index contributed by atoms with van der Waals surface area (Å²) in [6.07, 6.45) is 6.82. The lowest BCUT2D eigenvalue weighted by Crippen LogP contribution is -1.99. The monoisotopic (exact) mass is 140 g/mol. The van der Waals surface area contributed by atoms with E-state index in [1.54, 1.807) is 24.3 Å². The van der Waals surface area contributed by atoms with Gasteiger partial charge < -0.3 is 5.53 Å². The van der Waals surface area contributed by atoms with Crippen LogP contribution < -0.4 is 0 Å². The first-order valence-electron chi connectivity index (χ1n) is 2.55. The number of rotatable bonds is 0. The van der Waals surface area contributed by atoms with Gasteiger partial charge >= 0.3 is 5.71 Å². The summed E-state index contributed by atoms with van der Waals surface area (Å²) >= 11 is 5.63. The number of hydrogen-bond donors (Lipinski definition) is 0. The second-order valence-electron chi connectivity index (χ2n) is 1.69. The summed E-state index contributed by atoms with van der Waals surface area (Å²) in [7, 11) is 0. The van der Waals surface area contributed by atoms with E-state index in [1.807, 2.05) is 0 Å². The zero-order chi connectivity index (χ0) is 6.69. The maximum Gasteiger partial charge on any atom is 0.314 e. The number of nitrogens with zero attached hydrogens (tertiary/aromatic N) is 2. The molecular weight excluding hydrogens is 136 g/mol. The van der Waals surface area contributed by atoms with Crippen LogP contribution in [-0.4, -0.2) is 15.9 Å². The molecule has 0 aromatic rings. The molecule has 9 heavy (non-hydrogen) atoms. The first kappa shape index (κ1) is 6.27. The molecule has 0 saturated heterocycles. The largest absolute Gasteiger partial charge is 0.361 e. The van der Waals surface area contributed by atoms with Crippen molar-refractivity contribution in [3.63, 3.8) is 0 Å². The van der Waals surface area contributed by atoms with Crippen LogP contribution in [0.4, 0.5) is 0 Å². The smallest absolute Gasteiger partial charge is 0.314 e. The maximum absolute atomic E-state index is 8.22. The Morgan fingerprint density at radius 1 is 1.44 bits per heavy atom. The zero-order valence-electron chi connectivity index (χ0n) is 4.66. The molecule has 2 nitrogen and oxygen atoms in total. The van der Waals surface area contributed by atoms with Gasteiger partial charge in [-0.15, -0.1) is 11.6 Å². The molecule has 0 N–H and O–H groups in total. The highest BCUT2D eigenvalue weighted by atomic mass is 35.5. The van der Waals surface area contributed by atoms with Crippen LogP contribution in [0.5, 0.6) is 0 Å². The normalized spacial score (nSPS) is 24.1. The van der Waals surface area contributed by atoms with Crippen molar-refractivity contribution in [2.45, 2.75) is 5.38 Å². The molecule has 0 aromatic heterocycles. The molecule has 0 spiro atoms. The van der Waals surface area contributed by atoms with Crippen molar-refractivity contribution >= 4 is 17.3 Å². The number of alkyl halides is 1. The van der Waals surface area contributed by atoms with Crippen LogP contribution in [0, 0.1) is 0 Å². The Hall–Kier alpha value is -0.850. The Balaban J connectivity index is 2.82. The molecule has 1 aliphatic rings. The summed E-state index contributed by atoms with van der Waals surface area (Å²) < 4.78 is 0. The average Bonchev–Trinajstić information content (AvgIpc) is 1.90. The molecule has 0 atom stereocenters. The number of halogens is 1. The van der Waals surface area contributed by atoms with Crippen LogP contribution in [0.3, 0.4) is 0 Å². The molecule has 0 amide bonds. The van der Waals surface area contributed by atoms with E-state index in [-0.39, 0.29) is 5.38 Å². The van der Waals surface area contributed by atoms with Crippen LogP contribution in [-0.2, 0) is 0 Å². The van der Waals surface area contributed by atoms with Crippen LogP contribution >= 0.6 is 11.6 Å². The molecule has 0 bridgehead atoms. The van der Waals surface area contributed by atoms with Crippen molar-refractivity contribution in [3.8, 4) is 0 Å². The second-order valence-corrected chi connectivity index (χ2v) is 2.19. The third kappa shape index (κ3) is 1.53. The van der Waals surface area contributed by atoms with E-state index >= 15 is 0 Å². The van der Waals surface area contributed by atoms with Gasteiger partial charge in [0.2, 0.25) is 0 Å². The summed E-state index contributed by atoms with van der Waals surface area (Å²) in [5, 5.41) is -0.0597. The SMILES string of the molecule is [N-]=[N+]=C1C=CC(Cl)C=C1. The molecule has 0 saturated carbocycles. The number of hydrogen-bond acceptors (Lipinski definition) is 0. The predicted molar refractivity (Wildman–Crippen MR) is 36.5 cm³/mol. The first-order valence-corrected chi connectivity index (χ1v) is 2.99. The van der Waals surface area contributed by atoms with E-state index < -0.39 is 0 Å². The van der Waals surface area contributed by atoms with E-state index in [4.69, 9.17) is 17.1 Å². The van der Waals surface area contributed by atoms with Gasteiger partial charge in [0.15, 0.2) is 0 Å². The highest BCUT2D eigenvalue weighted by Gasteiger charge is 2.04. The van der Waals surface area contributed by atoms with E-state index in [1.165, 1.54) is 0 Å². The molecule has 0 aliphatic heterocycles. The quantitative estimate of drug-likeness (QED) is 0.277. The highest BCUT2D eigenvalue weighted by molar-refractivity contribution is 6.24.